The highest BCUT2D eigenvalue weighted by Gasteiger charge is 2.29. The number of pyridine rings is 1. The van der Waals surface area contributed by atoms with Gasteiger partial charge in [-0.25, -0.2) is 4.39 Å². The number of aliphatic carboxylic acids is 1. The number of nitrogens with zero attached hydrogens (tertiary/aromatic N) is 1. The quantitative estimate of drug-likeness (QED) is 0.277. The van der Waals surface area contributed by atoms with Crippen LogP contribution in [0, 0.1) is 5.82 Å². The molecule has 0 radical (unpaired) electrons. The molecule has 0 aliphatic carbocycles. The largest absolute Gasteiger partial charge is 0.481 e. The first-order valence-corrected chi connectivity index (χ1v) is 13.5. The second-order valence-corrected chi connectivity index (χ2v) is 10.8. The molecule has 3 rings (SSSR count). The predicted octanol–water partition coefficient (Wildman–Crippen LogP) is 5.78. The Morgan fingerprint density at radius 2 is 1.69 bits per heavy atom. The number of carboxylic acid groups (broad SMARTS) is 1. The molecule has 1 heterocycles. The Kier molecular flexibility index (Phi) is 9.14. The Hall–Kier alpha value is -2.90. The minimum Gasteiger partial charge on any atom is -0.481 e. The van der Waals surface area contributed by atoms with Gasteiger partial charge in [-0.3, -0.25) is 14.3 Å². The van der Waals surface area contributed by atoms with Crippen LogP contribution in [0.2, 0.25) is 0 Å². The number of carboxylic acids is 1. The average Bonchev–Trinajstić information content (AvgIpc) is 2.81. The standard InChI is InChI=1S/C27H31FNO6P/c1-4-22-25(18-10-12-20(28)13-11-18)23(15-35-36(33,34)16-21(30)14-24(31)32)26(17(2)3)29-27(22)19-8-6-5-7-9-19/h5-13,17,21,30H,4,14-16H2,1-3H3,(H,31,32)(H,33,34)/t21-/m0/s1. The fraction of sp³-hybridized carbons (Fsp3) is 0.333. The molecule has 0 aliphatic heterocycles. The summed E-state index contributed by atoms with van der Waals surface area (Å²) in [5.74, 6) is -1.74. The first-order chi connectivity index (χ1) is 17.0. The Balaban J connectivity index is 2.16. The molecule has 0 spiro atoms. The van der Waals surface area contributed by atoms with Crippen molar-refractivity contribution in [3.63, 3.8) is 0 Å². The van der Waals surface area contributed by atoms with Gasteiger partial charge in [0.1, 0.15) is 5.82 Å². The zero-order chi connectivity index (χ0) is 26.5. The van der Waals surface area contributed by atoms with E-state index in [4.69, 9.17) is 14.6 Å². The summed E-state index contributed by atoms with van der Waals surface area (Å²) in [6, 6.07) is 15.7. The number of hydrogen-bond donors (Lipinski definition) is 3. The first-order valence-electron chi connectivity index (χ1n) is 11.8. The summed E-state index contributed by atoms with van der Waals surface area (Å²) in [7, 11) is -4.33. The van der Waals surface area contributed by atoms with Gasteiger partial charge in [0.25, 0.3) is 0 Å². The molecule has 7 nitrogen and oxygen atoms in total. The highest BCUT2D eigenvalue weighted by atomic mass is 31.2. The third-order valence-corrected chi connectivity index (χ3v) is 7.19. The fourth-order valence-electron chi connectivity index (χ4n) is 4.20. The molecule has 9 heteroatoms. The SMILES string of the molecule is CCc1c(-c2ccccc2)nc(C(C)C)c(COP(=O)(O)C[C@@H](O)CC(=O)O)c1-c1ccc(F)cc1. The van der Waals surface area contributed by atoms with Gasteiger partial charge in [0.2, 0.25) is 0 Å². The number of aromatic nitrogens is 1. The highest BCUT2D eigenvalue weighted by Crippen LogP contribution is 2.46. The van der Waals surface area contributed by atoms with Gasteiger partial charge in [0.05, 0.1) is 31.0 Å². The van der Waals surface area contributed by atoms with E-state index in [2.05, 4.69) is 0 Å². The van der Waals surface area contributed by atoms with E-state index in [1.807, 2.05) is 51.1 Å². The van der Waals surface area contributed by atoms with Gasteiger partial charge in [0.15, 0.2) is 0 Å². The highest BCUT2D eigenvalue weighted by molar-refractivity contribution is 7.52. The number of aliphatic hydroxyl groups excluding tert-OH is 1. The Morgan fingerprint density at radius 1 is 1.06 bits per heavy atom. The molecule has 3 aromatic rings. The lowest BCUT2D eigenvalue weighted by Crippen LogP contribution is -2.18. The van der Waals surface area contributed by atoms with Crippen LogP contribution >= 0.6 is 7.60 Å². The summed E-state index contributed by atoms with van der Waals surface area (Å²) in [6.45, 7) is 5.60. The molecule has 0 amide bonds. The van der Waals surface area contributed by atoms with Crippen molar-refractivity contribution in [1.82, 2.24) is 4.98 Å². The van der Waals surface area contributed by atoms with E-state index in [-0.39, 0.29) is 18.3 Å². The van der Waals surface area contributed by atoms with Crippen molar-refractivity contribution in [2.75, 3.05) is 6.16 Å². The smallest absolute Gasteiger partial charge is 0.331 e. The minimum atomic E-state index is -4.33. The maximum Gasteiger partial charge on any atom is 0.331 e. The molecule has 2 atom stereocenters. The van der Waals surface area contributed by atoms with Crippen molar-refractivity contribution in [3.05, 3.63) is 77.2 Å². The van der Waals surface area contributed by atoms with E-state index in [0.717, 1.165) is 22.4 Å². The van der Waals surface area contributed by atoms with Crippen LogP contribution < -0.4 is 0 Å². The van der Waals surface area contributed by atoms with E-state index < -0.39 is 32.3 Å². The summed E-state index contributed by atoms with van der Waals surface area (Å²) >= 11 is 0. The Labute approximate surface area is 210 Å². The van der Waals surface area contributed by atoms with Crippen molar-refractivity contribution >= 4 is 13.6 Å². The third kappa shape index (κ3) is 6.86. The van der Waals surface area contributed by atoms with Crippen LogP contribution in [0.5, 0.6) is 0 Å². The molecule has 1 unspecified atom stereocenters. The van der Waals surface area contributed by atoms with E-state index in [0.29, 0.717) is 23.2 Å². The molecular weight excluding hydrogens is 484 g/mol. The van der Waals surface area contributed by atoms with Crippen LogP contribution in [0.25, 0.3) is 22.4 Å². The lowest BCUT2D eigenvalue weighted by molar-refractivity contribution is -0.138. The summed E-state index contributed by atoms with van der Waals surface area (Å²) in [4.78, 5) is 26.2. The van der Waals surface area contributed by atoms with Crippen LogP contribution in [-0.4, -0.2) is 38.3 Å². The normalized spacial score (nSPS) is 14.0. The lowest BCUT2D eigenvalue weighted by atomic mass is 9.87. The number of rotatable bonds is 11. The van der Waals surface area contributed by atoms with Crippen molar-refractivity contribution in [2.45, 2.75) is 52.2 Å². The number of carbonyl (C=O) groups is 1. The molecule has 192 valence electrons. The van der Waals surface area contributed by atoms with E-state index in [1.165, 1.54) is 12.1 Å². The molecule has 0 bridgehead atoms. The van der Waals surface area contributed by atoms with Crippen molar-refractivity contribution in [1.29, 1.82) is 0 Å². The molecular formula is C27H31FNO6P. The summed E-state index contributed by atoms with van der Waals surface area (Å²) in [5, 5.41) is 18.7. The van der Waals surface area contributed by atoms with Crippen LogP contribution in [0.1, 0.15) is 49.9 Å². The van der Waals surface area contributed by atoms with Crippen molar-refractivity contribution in [3.8, 4) is 22.4 Å². The summed E-state index contributed by atoms with van der Waals surface area (Å²) in [5.41, 5.74) is 5.29. The number of benzene rings is 2. The number of hydrogen-bond acceptors (Lipinski definition) is 5. The predicted molar refractivity (Wildman–Crippen MR) is 136 cm³/mol. The monoisotopic (exact) mass is 515 g/mol. The maximum atomic E-state index is 13.8. The molecule has 0 saturated heterocycles. The zero-order valence-electron chi connectivity index (χ0n) is 20.5. The van der Waals surface area contributed by atoms with Crippen LogP contribution in [0.15, 0.2) is 54.6 Å². The molecule has 0 fully saturated rings. The van der Waals surface area contributed by atoms with E-state index >= 15 is 0 Å². The Bertz CT molecular complexity index is 1250. The number of aliphatic hydroxyl groups is 1. The molecule has 36 heavy (non-hydrogen) atoms. The van der Waals surface area contributed by atoms with Gasteiger partial charge >= 0.3 is 13.6 Å². The second kappa shape index (κ2) is 11.9. The van der Waals surface area contributed by atoms with Crippen molar-refractivity contribution < 1.29 is 33.4 Å². The van der Waals surface area contributed by atoms with Crippen LogP contribution in [-0.2, 0) is 26.9 Å². The van der Waals surface area contributed by atoms with Gasteiger partial charge in [-0.1, -0.05) is 63.2 Å². The van der Waals surface area contributed by atoms with Gasteiger partial charge in [0, 0.05) is 16.8 Å². The lowest BCUT2D eigenvalue weighted by Gasteiger charge is -2.24. The molecule has 0 saturated carbocycles. The molecule has 1 aromatic heterocycles. The second-order valence-electron chi connectivity index (χ2n) is 8.90. The zero-order valence-corrected chi connectivity index (χ0v) is 21.4. The summed E-state index contributed by atoms with van der Waals surface area (Å²) in [6.07, 6.45) is -2.31. The first kappa shape index (κ1) is 27.7. The van der Waals surface area contributed by atoms with Gasteiger partial charge in [-0.15, -0.1) is 0 Å². The average molecular weight is 516 g/mol. The van der Waals surface area contributed by atoms with E-state index in [1.54, 1.807) is 12.1 Å². The van der Waals surface area contributed by atoms with E-state index in [9.17, 15) is 23.7 Å². The number of halogens is 1. The topological polar surface area (TPSA) is 117 Å². The van der Waals surface area contributed by atoms with Gasteiger partial charge < -0.3 is 19.6 Å². The van der Waals surface area contributed by atoms with Crippen LogP contribution in [0.3, 0.4) is 0 Å². The summed E-state index contributed by atoms with van der Waals surface area (Å²) < 4.78 is 31.9. The maximum absolute atomic E-state index is 13.8. The molecule has 0 aliphatic rings. The fourth-order valence-corrected chi connectivity index (χ4v) is 5.30. The molecule has 3 N–H and O–H groups in total. The van der Waals surface area contributed by atoms with Gasteiger partial charge in [-0.05, 0) is 41.2 Å². The Morgan fingerprint density at radius 3 is 2.25 bits per heavy atom. The van der Waals surface area contributed by atoms with Gasteiger partial charge in [-0.2, -0.15) is 0 Å². The minimum absolute atomic E-state index is 0.0770. The van der Waals surface area contributed by atoms with Crippen molar-refractivity contribution in [2.24, 2.45) is 0 Å². The molecule has 2 aromatic carbocycles. The third-order valence-electron chi connectivity index (χ3n) is 5.77. The van der Waals surface area contributed by atoms with Crippen LogP contribution in [0.4, 0.5) is 4.39 Å².